The van der Waals surface area contributed by atoms with Crippen LogP contribution in [-0.4, -0.2) is 29.1 Å². The van der Waals surface area contributed by atoms with Crippen LogP contribution in [0.15, 0.2) is 11.1 Å². The Kier molecular flexibility index (Phi) is 6.89. The zero-order chi connectivity index (χ0) is 15.8. The van der Waals surface area contributed by atoms with E-state index >= 15 is 0 Å². The van der Waals surface area contributed by atoms with Crippen LogP contribution in [0, 0.1) is 18.3 Å². The fourth-order valence-corrected chi connectivity index (χ4v) is 2.59. The van der Waals surface area contributed by atoms with Gasteiger partial charge in [-0.2, -0.15) is 5.26 Å². The highest BCUT2D eigenvalue weighted by molar-refractivity contribution is 8.00. The van der Waals surface area contributed by atoms with Crippen LogP contribution in [0.4, 0.5) is 0 Å². The minimum Gasteiger partial charge on any atom is -0.466 e. The average Bonchev–Trinajstić information content (AvgIpc) is 2.45. The van der Waals surface area contributed by atoms with Gasteiger partial charge in [0.15, 0.2) is 5.78 Å². The van der Waals surface area contributed by atoms with Gasteiger partial charge in [0.2, 0.25) is 0 Å². The Morgan fingerprint density at radius 2 is 2.14 bits per heavy atom. The number of aryl methyl sites for hydroxylation is 2. The molecule has 6 heteroatoms. The summed E-state index contributed by atoms with van der Waals surface area (Å²) in [5, 5.41) is 9.66. The summed E-state index contributed by atoms with van der Waals surface area (Å²) >= 11 is 1.19. The largest absolute Gasteiger partial charge is 0.466 e. The number of ketones is 1. The van der Waals surface area contributed by atoms with Gasteiger partial charge in [0.1, 0.15) is 17.5 Å². The third-order valence-corrected chi connectivity index (χ3v) is 3.81. The van der Waals surface area contributed by atoms with E-state index in [9.17, 15) is 9.59 Å². The van der Waals surface area contributed by atoms with Crippen molar-refractivity contribution in [1.82, 2.24) is 4.98 Å². The number of thioether (sulfide) groups is 1. The van der Waals surface area contributed by atoms with E-state index in [1.807, 2.05) is 13.8 Å². The second-order valence-electron chi connectivity index (χ2n) is 4.38. The number of Topliss-reactive ketones (excluding diaryl/α,β-unsaturated/α-hetero) is 1. The highest BCUT2D eigenvalue weighted by Crippen LogP contribution is 2.23. The smallest absolute Gasteiger partial charge is 0.313 e. The highest BCUT2D eigenvalue weighted by atomic mass is 32.2. The molecule has 1 aromatic heterocycles. The number of nitrogens with zero attached hydrogens (tertiary/aromatic N) is 2. The van der Waals surface area contributed by atoms with E-state index in [2.05, 4.69) is 11.1 Å². The highest BCUT2D eigenvalue weighted by Gasteiger charge is 2.14. The third kappa shape index (κ3) is 5.20. The normalized spacial score (nSPS) is 10.0. The molecule has 0 atom stereocenters. The summed E-state index contributed by atoms with van der Waals surface area (Å²) in [5.41, 5.74) is 2.34. The Balaban J connectivity index is 2.73. The second kappa shape index (κ2) is 8.42. The van der Waals surface area contributed by atoms with E-state index in [4.69, 9.17) is 10.00 Å². The molecule has 0 aliphatic heterocycles. The van der Waals surface area contributed by atoms with E-state index in [-0.39, 0.29) is 24.6 Å². The number of ether oxygens (including phenoxy) is 1. The van der Waals surface area contributed by atoms with Gasteiger partial charge in [-0.1, -0.05) is 18.7 Å². The van der Waals surface area contributed by atoms with Gasteiger partial charge in [-0.15, -0.1) is 0 Å². The lowest BCUT2D eigenvalue weighted by Crippen LogP contribution is -2.13. The first-order valence-corrected chi connectivity index (χ1v) is 7.71. The van der Waals surface area contributed by atoms with Crippen molar-refractivity contribution in [1.29, 1.82) is 5.26 Å². The maximum absolute atomic E-state index is 11.7. The molecule has 0 aliphatic rings. The molecule has 0 fully saturated rings. The van der Waals surface area contributed by atoms with Crippen LogP contribution >= 0.6 is 11.8 Å². The van der Waals surface area contributed by atoms with Gasteiger partial charge in [0.05, 0.1) is 17.9 Å². The maximum Gasteiger partial charge on any atom is 0.313 e. The van der Waals surface area contributed by atoms with E-state index in [1.54, 1.807) is 13.0 Å². The zero-order valence-corrected chi connectivity index (χ0v) is 13.2. The second-order valence-corrected chi connectivity index (χ2v) is 5.34. The number of hydrogen-bond donors (Lipinski definition) is 0. The molecule has 0 radical (unpaired) electrons. The summed E-state index contributed by atoms with van der Waals surface area (Å²) in [6.45, 7) is 5.85. The number of esters is 1. The van der Waals surface area contributed by atoms with Crippen molar-refractivity contribution in [3.8, 4) is 6.07 Å². The van der Waals surface area contributed by atoms with E-state index in [0.717, 1.165) is 17.7 Å². The maximum atomic E-state index is 11.7. The molecule has 21 heavy (non-hydrogen) atoms. The monoisotopic (exact) mass is 306 g/mol. The molecule has 0 saturated carbocycles. The van der Waals surface area contributed by atoms with Crippen molar-refractivity contribution in [2.75, 3.05) is 12.4 Å². The molecule has 0 amide bonds. The number of carbonyl (C=O) groups excluding carboxylic acids is 2. The summed E-state index contributed by atoms with van der Waals surface area (Å²) in [7, 11) is 0. The zero-order valence-electron chi connectivity index (χ0n) is 12.4. The molecular formula is C15H18N2O3S. The molecule has 0 aliphatic carbocycles. The van der Waals surface area contributed by atoms with Crippen molar-refractivity contribution < 1.29 is 14.3 Å². The summed E-state index contributed by atoms with van der Waals surface area (Å²) in [6, 6.07) is 3.87. The number of aromatic nitrogens is 1. The van der Waals surface area contributed by atoms with Crippen LogP contribution in [0.25, 0.3) is 0 Å². The van der Waals surface area contributed by atoms with Gasteiger partial charge < -0.3 is 4.74 Å². The van der Waals surface area contributed by atoms with E-state index in [0.29, 0.717) is 10.6 Å². The number of rotatable bonds is 7. The number of hydrogen-bond acceptors (Lipinski definition) is 6. The van der Waals surface area contributed by atoms with Crippen LogP contribution in [0.5, 0.6) is 0 Å². The van der Waals surface area contributed by atoms with Crippen LogP contribution in [-0.2, 0) is 20.7 Å². The lowest BCUT2D eigenvalue weighted by Gasteiger charge is -2.08. The molecule has 0 spiro atoms. The predicted octanol–water partition coefficient (Wildman–Crippen LogP) is 2.44. The van der Waals surface area contributed by atoms with Crippen LogP contribution < -0.4 is 0 Å². The average molecular weight is 306 g/mol. The van der Waals surface area contributed by atoms with Crippen molar-refractivity contribution in [3.05, 3.63) is 22.9 Å². The molecule has 0 aromatic carbocycles. The molecule has 0 unspecified atom stereocenters. The minimum atomic E-state index is -0.519. The SMILES string of the molecule is CCOC(=O)CC(=O)CSc1nc(CC)c(C)cc1C#N. The van der Waals surface area contributed by atoms with E-state index < -0.39 is 5.97 Å². The van der Waals surface area contributed by atoms with Gasteiger partial charge >= 0.3 is 5.97 Å². The number of pyridine rings is 1. The molecule has 112 valence electrons. The van der Waals surface area contributed by atoms with Gasteiger partial charge in [0.25, 0.3) is 0 Å². The molecule has 0 saturated heterocycles. The van der Waals surface area contributed by atoms with Crippen LogP contribution in [0.3, 0.4) is 0 Å². The van der Waals surface area contributed by atoms with Gasteiger partial charge in [-0.05, 0) is 31.9 Å². The first kappa shape index (κ1) is 17.2. The summed E-state index contributed by atoms with van der Waals surface area (Å²) in [5.74, 6) is -0.648. The van der Waals surface area contributed by atoms with Crippen LogP contribution in [0.2, 0.25) is 0 Å². The Bertz CT molecular complexity index is 579. The molecule has 5 nitrogen and oxygen atoms in total. The van der Waals surface area contributed by atoms with Crippen LogP contribution in [0.1, 0.15) is 37.1 Å². The molecule has 1 aromatic rings. The summed E-state index contributed by atoms with van der Waals surface area (Å²) < 4.78 is 4.72. The summed E-state index contributed by atoms with van der Waals surface area (Å²) in [6.07, 6.45) is 0.525. The minimum absolute atomic E-state index is 0.104. The fourth-order valence-electron chi connectivity index (χ4n) is 1.75. The molecule has 1 heterocycles. The van der Waals surface area contributed by atoms with Crippen molar-refractivity contribution in [2.45, 2.75) is 38.6 Å². The Morgan fingerprint density at radius 1 is 1.43 bits per heavy atom. The Morgan fingerprint density at radius 3 is 2.71 bits per heavy atom. The topological polar surface area (TPSA) is 80.1 Å². The first-order chi connectivity index (χ1) is 10.0. The van der Waals surface area contributed by atoms with Crippen molar-refractivity contribution in [2.24, 2.45) is 0 Å². The quantitative estimate of drug-likeness (QED) is 0.437. The molecule has 0 N–H and O–H groups in total. The Hall–Kier alpha value is -1.87. The molecule has 1 rings (SSSR count). The summed E-state index contributed by atoms with van der Waals surface area (Å²) in [4.78, 5) is 27.3. The lowest BCUT2D eigenvalue weighted by molar-refractivity contribution is -0.145. The Labute approximate surface area is 128 Å². The standard InChI is InChI=1S/C15H18N2O3S/c1-4-13-10(3)6-11(8-16)15(17-13)21-9-12(18)7-14(19)20-5-2/h6H,4-5,7,9H2,1-3H3. The van der Waals surface area contributed by atoms with Crippen molar-refractivity contribution >= 4 is 23.5 Å². The first-order valence-electron chi connectivity index (χ1n) is 6.72. The van der Waals surface area contributed by atoms with E-state index in [1.165, 1.54) is 11.8 Å². The fraction of sp³-hybridized carbons (Fsp3) is 0.467. The van der Waals surface area contributed by atoms with Gasteiger partial charge in [-0.3, -0.25) is 9.59 Å². The van der Waals surface area contributed by atoms with Gasteiger partial charge in [-0.25, -0.2) is 4.98 Å². The predicted molar refractivity (Wildman–Crippen MR) is 80.0 cm³/mol. The third-order valence-electron chi connectivity index (χ3n) is 2.75. The number of nitriles is 1. The number of carbonyl (C=O) groups is 2. The molecule has 0 bridgehead atoms. The van der Waals surface area contributed by atoms with Gasteiger partial charge in [0, 0.05) is 5.69 Å². The lowest BCUT2D eigenvalue weighted by atomic mass is 10.1. The van der Waals surface area contributed by atoms with Crippen molar-refractivity contribution in [3.63, 3.8) is 0 Å². The molecular weight excluding hydrogens is 288 g/mol.